The molecule has 7 aromatic rings. The van der Waals surface area contributed by atoms with E-state index in [1.807, 2.05) is 109 Å². The van der Waals surface area contributed by atoms with Crippen molar-refractivity contribution >= 4 is 52.5 Å². The summed E-state index contributed by atoms with van der Waals surface area (Å²) in [6.45, 7) is 18.5. The molecule has 0 bridgehead atoms. The number of carbonyl (C=O) groups is 6. The summed E-state index contributed by atoms with van der Waals surface area (Å²) in [5.74, 6) is -0.0759. The lowest BCUT2D eigenvalue weighted by molar-refractivity contribution is -0.120. The van der Waals surface area contributed by atoms with Crippen molar-refractivity contribution < 1.29 is 38.2 Å². The second kappa shape index (κ2) is 21.0. The number of aryl methyl sites for hydroxylation is 7. The molecule has 10 rings (SSSR count). The first-order valence-corrected chi connectivity index (χ1v) is 27.1. The standard InChI is InChI=1S/C67H63N3O8/c1-10-42-30-39(7)31-43(11-2)61(42)69-63(73)54-26-24-52(37-56(54)65(69)75)77-50-20-16-48(17-21-50)67(8,9)49-18-22-51(23-19-49)78-53-25-27-55-57(38-53)66(76)70(64(55)74)62-46(14-5)35-41(36-47(62)15-6)32-40-33-44(12-3)60(45(13-4)34-40)68-58(71)28-29-59(68)72/h16-31,33-38H,10-15,32H2,1-9H3. The molecule has 0 spiro atoms. The fraction of sp³-hybridized carbons (Fsp3) is 0.254. The van der Waals surface area contributed by atoms with Gasteiger partial charge in [-0.05, 0) is 168 Å². The summed E-state index contributed by atoms with van der Waals surface area (Å²) in [5.41, 5.74) is 13.7. The predicted molar refractivity (Wildman–Crippen MR) is 305 cm³/mol. The van der Waals surface area contributed by atoms with Gasteiger partial charge in [0.1, 0.15) is 23.0 Å². The Morgan fingerprint density at radius 3 is 1.03 bits per heavy atom. The second-order valence-corrected chi connectivity index (χ2v) is 20.8. The van der Waals surface area contributed by atoms with Gasteiger partial charge in [0, 0.05) is 17.6 Å². The van der Waals surface area contributed by atoms with Gasteiger partial charge < -0.3 is 9.47 Å². The van der Waals surface area contributed by atoms with Gasteiger partial charge in [-0.3, -0.25) is 28.8 Å². The van der Waals surface area contributed by atoms with E-state index in [0.717, 1.165) is 61.2 Å². The summed E-state index contributed by atoms with van der Waals surface area (Å²) < 4.78 is 12.6. The van der Waals surface area contributed by atoms with Crippen molar-refractivity contribution in [3.63, 3.8) is 0 Å². The molecule has 0 saturated heterocycles. The third-order valence-electron chi connectivity index (χ3n) is 15.6. The Hall–Kier alpha value is -8.70. The Morgan fingerprint density at radius 1 is 0.372 bits per heavy atom. The van der Waals surface area contributed by atoms with E-state index in [1.165, 1.54) is 26.9 Å². The quantitative estimate of drug-likeness (QED) is 0.0824. The molecule has 3 aliphatic rings. The highest BCUT2D eigenvalue weighted by molar-refractivity contribution is 6.36. The third kappa shape index (κ3) is 9.31. The maximum atomic E-state index is 14.4. The van der Waals surface area contributed by atoms with Crippen molar-refractivity contribution in [3.05, 3.63) is 217 Å². The number of rotatable bonds is 17. The monoisotopic (exact) mass is 1040 g/mol. The van der Waals surface area contributed by atoms with Gasteiger partial charge in [-0.2, -0.15) is 0 Å². The highest BCUT2D eigenvalue weighted by Crippen LogP contribution is 2.41. The average molecular weight is 1040 g/mol. The van der Waals surface area contributed by atoms with Crippen molar-refractivity contribution in [1.82, 2.24) is 0 Å². The van der Waals surface area contributed by atoms with Crippen molar-refractivity contribution in [3.8, 4) is 23.0 Å². The molecule has 0 radical (unpaired) electrons. The van der Waals surface area contributed by atoms with Crippen LogP contribution < -0.4 is 24.2 Å². The Balaban J connectivity index is 0.814. The second-order valence-electron chi connectivity index (χ2n) is 20.8. The van der Waals surface area contributed by atoms with Crippen LogP contribution in [0.25, 0.3) is 0 Å². The summed E-state index contributed by atoms with van der Waals surface area (Å²) in [4.78, 5) is 85.6. The number of hydrogen-bond acceptors (Lipinski definition) is 8. The van der Waals surface area contributed by atoms with Gasteiger partial charge in [0.15, 0.2) is 0 Å². The molecular formula is C67H63N3O8. The highest BCUT2D eigenvalue weighted by atomic mass is 16.5. The third-order valence-corrected chi connectivity index (χ3v) is 15.6. The maximum absolute atomic E-state index is 14.4. The number of ether oxygens (including phenoxy) is 2. The van der Waals surface area contributed by atoms with E-state index in [0.29, 0.717) is 102 Å². The summed E-state index contributed by atoms with van der Waals surface area (Å²) >= 11 is 0. The fourth-order valence-electron chi connectivity index (χ4n) is 11.4. The number of fused-ring (bicyclic) bond motifs is 2. The van der Waals surface area contributed by atoms with Crippen LogP contribution in [0.3, 0.4) is 0 Å². The van der Waals surface area contributed by atoms with Gasteiger partial charge >= 0.3 is 0 Å². The van der Waals surface area contributed by atoms with Crippen molar-refractivity contribution in [2.24, 2.45) is 0 Å². The zero-order valence-corrected chi connectivity index (χ0v) is 45.8. The molecule has 6 amide bonds. The van der Waals surface area contributed by atoms with Crippen LogP contribution in [0.5, 0.6) is 23.0 Å². The highest BCUT2D eigenvalue weighted by Gasteiger charge is 2.41. The summed E-state index contributed by atoms with van der Waals surface area (Å²) in [5, 5.41) is 0. The molecule has 0 N–H and O–H groups in total. The number of anilines is 3. The molecular weight excluding hydrogens is 975 g/mol. The van der Waals surface area contributed by atoms with Gasteiger partial charge in [0.2, 0.25) is 0 Å². The lowest BCUT2D eigenvalue weighted by Gasteiger charge is -2.26. The van der Waals surface area contributed by atoms with E-state index in [9.17, 15) is 28.8 Å². The molecule has 0 unspecified atom stereocenters. The molecule has 11 nitrogen and oxygen atoms in total. The summed E-state index contributed by atoms with van der Waals surface area (Å²) in [7, 11) is 0. The molecule has 7 aromatic carbocycles. The average Bonchev–Trinajstić information content (AvgIpc) is 4.03. The Kier molecular flexibility index (Phi) is 14.2. The number of imide groups is 3. The molecule has 78 heavy (non-hydrogen) atoms. The number of benzene rings is 7. The van der Waals surface area contributed by atoms with E-state index in [-0.39, 0.29) is 35.1 Å². The van der Waals surface area contributed by atoms with Gasteiger partial charge in [-0.15, -0.1) is 0 Å². The van der Waals surface area contributed by atoms with E-state index in [2.05, 4.69) is 38.1 Å². The number of amides is 6. The maximum Gasteiger partial charge on any atom is 0.266 e. The fourth-order valence-corrected chi connectivity index (χ4v) is 11.4. The molecule has 0 saturated carbocycles. The summed E-state index contributed by atoms with van der Waals surface area (Å²) in [6, 6.07) is 38.1. The van der Waals surface area contributed by atoms with Crippen LogP contribution >= 0.6 is 0 Å². The minimum Gasteiger partial charge on any atom is -0.457 e. The molecule has 0 aromatic heterocycles. The number of carbonyl (C=O) groups excluding carboxylic acids is 6. The molecule has 0 aliphatic carbocycles. The normalized spacial score (nSPS) is 14.1. The molecule has 0 atom stereocenters. The van der Waals surface area contributed by atoms with E-state index >= 15 is 0 Å². The van der Waals surface area contributed by atoms with Crippen molar-refractivity contribution in [2.45, 2.75) is 113 Å². The van der Waals surface area contributed by atoms with Crippen LogP contribution in [0.1, 0.15) is 158 Å². The van der Waals surface area contributed by atoms with Crippen molar-refractivity contribution in [1.29, 1.82) is 0 Å². The topological polar surface area (TPSA) is 131 Å². The minimum absolute atomic E-state index is 0.279. The smallest absolute Gasteiger partial charge is 0.266 e. The van der Waals surface area contributed by atoms with Gasteiger partial charge in [0.25, 0.3) is 35.4 Å². The Morgan fingerprint density at radius 2 is 0.679 bits per heavy atom. The summed E-state index contributed by atoms with van der Waals surface area (Å²) in [6.07, 6.45) is 7.09. The van der Waals surface area contributed by atoms with Gasteiger partial charge in [-0.1, -0.05) is 122 Å². The zero-order chi connectivity index (χ0) is 55.3. The first kappa shape index (κ1) is 52.7. The molecule has 11 heteroatoms. The molecule has 3 aliphatic heterocycles. The van der Waals surface area contributed by atoms with Crippen LogP contribution in [-0.4, -0.2) is 35.4 Å². The zero-order valence-electron chi connectivity index (χ0n) is 45.8. The van der Waals surface area contributed by atoms with E-state index < -0.39 is 11.3 Å². The van der Waals surface area contributed by atoms with E-state index in [1.54, 1.807) is 36.4 Å². The van der Waals surface area contributed by atoms with Crippen LogP contribution in [0, 0.1) is 6.92 Å². The molecule has 3 heterocycles. The van der Waals surface area contributed by atoms with Crippen LogP contribution in [0.4, 0.5) is 17.1 Å². The lowest BCUT2D eigenvalue weighted by Crippen LogP contribution is -2.31. The minimum atomic E-state index is -0.415. The molecule has 0 fully saturated rings. The van der Waals surface area contributed by atoms with Crippen LogP contribution in [0.15, 0.2) is 133 Å². The first-order valence-electron chi connectivity index (χ1n) is 27.1. The first-order chi connectivity index (χ1) is 37.5. The van der Waals surface area contributed by atoms with Crippen LogP contribution in [0.2, 0.25) is 0 Å². The SMILES string of the molecule is CCc1cc(Cc2cc(CC)c(N3C(=O)c4ccc(Oc5ccc(C(C)(C)c6ccc(Oc7ccc8c(c7)C(=O)N(c7c(CC)cc(C)cc7CC)C8=O)cc6)cc5)cc4C3=O)c(CC)c2)cc(CC)c1N1C(=O)C=CC1=O. The van der Waals surface area contributed by atoms with Gasteiger partial charge in [0.05, 0.1) is 39.3 Å². The lowest BCUT2D eigenvalue weighted by atomic mass is 9.78. The number of nitrogens with zero attached hydrogens (tertiary/aromatic N) is 3. The Bertz CT molecular complexity index is 3590. The molecule has 394 valence electrons. The van der Waals surface area contributed by atoms with Crippen molar-refractivity contribution in [2.75, 3.05) is 14.7 Å². The Labute approximate surface area is 456 Å². The van der Waals surface area contributed by atoms with Crippen LogP contribution in [-0.2, 0) is 59.9 Å². The van der Waals surface area contributed by atoms with E-state index in [4.69, 9.17) is 9.47 Å². The largest absolute Gasteiger partial charge is 0.457 e. The predicted octanol–water partition coefficient (Wildman–Crippen LogP) is 13.9. The number of hydrogen-bond donors (Lipinski definition) is 0. The van der Waals surface area contributed by atoms with Gasteiger partial charge in [-0.25, -0.2) is 14.7 Å².